The maximum atomic E-state index is 13.5. The standard InChI is InChI=1S/C30H32N4O3/c1-22-11-13-23(14-12-22)21-31-28(35)27(33-19-17-32(18-20-33)24-7-3-2-4-8-24)15-16-34-29(36)25-9-5-6-10-26(25)30(34)37/h2-14,27H,15-21H2,1H3,(H,31,35). The maximum Gasteiger partial charge on any atom is 0.261 e. The predicted molar refractivity (Wildman–Crippen MR) is 143 cm³/mol. The Morgan fingerprint density at radius 2 is 1.41 bits per heavy atom. The lowest BCUT2D eigenvalue weighted by molar-refractivity contribution is -0.127. The number of nitrogens with one attached hydrogen (secondary N) is 1. The van der Waals surface area contributed by atoms with Gasteiger partial charge in [-0.1, -0.05) is 60.2 Å². The molecule has 0 bridgehead atoms. The molecule has 7 heteroatoms. The van der Waals surface area contributed by atoms with Crippen molar-refractivity contribution in [3.8, 4) is 0 Å². The Balaban J connectivity index is 1.27. The number of carbonyl (C=O) groups excluding carboxylic acids is 3. The van der Waals surface area contributed by atoms with Gasteiger partial charge in [-0.2, -0.15) is 0 Å². The van der Waals surface area contributed by atoms with Gasteiger partial charge in [0.05, 0.1) is 17.2 Å². The van der Waals surface area contributed by atoms with E-state index in [4.69, 9.17) is 0 Å². The van der Waals surface area contributed by atoms with Gasteiger partial charge in [0.2, 0.25) is 5.91 Å². The molecular weight excluding hydrogens is 464 g/mol. The third-order valence-corrected chi connectivity index (χ3v) is 7.27. The number of nitrogens with zero attached hydrogens (tertiary/aromatic N) is 3. The molecule has 0 saturated carbocycles. The van der Waals surface area contributed by atoms with Crippen LogP contribution in [0.3, 0.4) is 0 Å². The molecule has 190 valence electrons. The molecule has 3 amide bonds. The molecule has 3 aromatic rings. The van der Waals surface area contributed by atoms with Gasteiger partial charge in [-0.25, -0.2) is 0 Å². The van der Waals surface area contributed by atoms with E-state index in [0.29, 0.717) is 24.1 Å². The molecule has 3 aromatic carbocycles. The fraction of sp³-hybridized carbons (Fsp3) is 0.300. The molecule has 37 heavy (non-hydrogen) atoms. The van der Waals surface area contributed by atoms with Crippen molar-refractivity contribution in [2.24, 2.45) is 0 Å². The monoisotopic (exact) mass is 496 g/mol. The van der Waals surface area contributed by atoms with E-state index < -0.39 is 6.04 Å². The largest absolute Gasteiger partial charge is 0.369 e. The number of para-hydroxylation sites is 1. The van der Waals surface area contributed by atoms with E-state index >= 15 is 0 Å². The van der Waals surface area contributed by atoms with E-state index in [9.17, 15) is 14.4 Å². The molecule has 1 N–H and O–H groups in total. The zero-order valence-corrected chi connectivity index (χ0v) is 21.1. The van der Waals surface area contributed by atoms with Crippen LogP contribution in [0.4, 0.5) is 5.69 Å². The van der Waals surface area contributed by atoms with E-state index in [1.54, 1.807) is 24.3 Å². The van der Waals surface area contributed by atoms with Crippen LogP contribution in [0.5, 0.6) is 0 Å². The van der Waals surface area contributed by atoms with Gasteiger partial charge in [-0.05, 0) is 43.2 Å². The number of benzene rings is 3. The second-order valence-corrected chi connectivity index (χ2v) is 9.67. The van der Waals surface area contributed by atoms with Crippen LogP contribution in [0.2, 0.25) is 0 Å². The van der Waals surface area contributed by atoms with E-state index in [1.165, 1.54) is 16.2 Å². The van der Waals surface area contributed by atoms with Crippen LogP contribution in [0.25, 0.3) is 0 Å². The van der Waals surface area contributed by atoms with E-state index in [0.717, 1.165) is 31.7 Å². The predicted octanol–water partition coefficient (Wildman–Crippen LogP) is 3.49. The van der Waals surface area contributed by atoms with Crippen molar-refractivity contribution < 1.29 is 14.4 Å². The lowest BCUT2D eigenvalue weighted by atomic mass is 10.1. The summed E-state index contributed by atoms with van der Waals surface area (Å²) >= 11 is 0. The quantitative estimate of drug-likeness (QED) is 0.484. The Morgan fingerprint density at radius 3 is 2.03 bits per heavy atom. The van der Waals surface area contributed by atoms with Crippen LogP contribution >= 0.6 is 0 Å². The molecule has 2 aliphatic heterocycles. The molecule has 7 nitrogen and oxygen atoms in total. The van der Waals surface area contributed by atoms with Gasteiger partial charge >= 0.3 is 0 Å². The highest BCUT2D eigenvalue weighted by Gasteiger charge is 2.37. The first-order valence-electron chi connectivity index (χ1n) is 12.8. The van der Waals surface area contributed by atoms with Crippen molar-refractivity contribution in [2.45, 2.75) is 25.9 Å². The minimum Gasteiger partial charge on any atom is -0.369 e. The summed E-state index contributed by atoms with van der Waals surface area (Å²) in [6.07, 6.45) is 0.385. The Kier molecular flexibility index (Phi) is 7.32. The van der Waals surface area contributed by atoms with Crippen molar-refractivity contribution in [3.63, 3.8) is 0 Å². The third-order valence-electron chi connectivity index (χ3n) is 7.27. The Morgan fingerprint density at radius 1 is 0.811 bits per heavy atom. The highest BCUT2D eigenvalue weighted by molar-refractivity contribution is 6.21. The number of fused-ring (bicyclic) bond motifs is 1. The molecule has 0 aliphatic carbocycles. The van der Waals surface area contributed by atoms with Crippen LogP contribution in [0, 0.1) is 6.92 Å². The summed E-state index contributed by atoms with van der Waals surface area (Å²) in [7, 11) is 0. The normalized spacial score (nSPS) is 16.6. The van der Waals surface area contributed by atoms with E-state index in [1.807, 2.05) is 49.4 Å². The Hall–Kier alpha value is -3.97. The molecule has 0 spiro atoms. The van der Waals surface area contributed by atoms with Gasteiger partial charge in [0.25, 0.3) is 11.8 Å². The third kappa shape index (κ3) is 5.42. The van der Waals surface area contributed by atoms with Crippen molar-refractivity contribution in [1.29, 1.82) is 0 Å². The van der Waals surface area contributed by atoms with Crippen molar-refractivity contribution in [2.75, 3.05) is 37.6 Å². The SMILES string of the molecule is Cc1ccc(CNC(=O)C(CCN2C(=O)c3ccccc3C2=O)N2CCN(c3ccccc3)CC2)cc1. The number of hydrogen-bond acceptors (Lipinski definition) is 5. The zero-order valence-electron chi connectivity index (χ0n) is 21.1. The fourth-order valence-electron chi connectivity index (χ4n) is 5.12. The highest BCUT2D eigenvalue weighted by Crippen LogP contribution is 2.24. The average Bonchev–Trinajstić information content (AvgIpc) is 3.18. The van der Waals surface area contributed by atoms with Crippen LogP contribution in [-0.2, 0) is 11.3 Å². The van der Waals surface area contributed by atoms with Crippen LogP contribution in [0.15, 0.2) is 78.9 Å². The van der Waals surface area contributed by atoms with E-state index in [-0.39, 0.29) is 24.3 Å². The molecule has 5 rings (SSSR count). The number of piperazine rings is 1. The number of anilines is 1. The van der Waals surface area contributed by atoms with Crippen LogP contribution < -0.4 is 10.2 Å². The van der Waals surface area contributed by atoms with Gasteiger partial charge in [0, 0.05) is 45.0 Å². The summed E-state index contributed by atoms with van der Waals surface area (Å²) in [4.78, 5) is 45.0. The van der Waals surface area contributed by atoms with Crippen LogP contribution in [-0.4, -0.2) is 66.3 Å². The first-order chi connectivity index (χ1) is 18.0. The van der Waals surface area contributed by atoms with Crippen LogP contribution in [0.1, 0.15) is 38.3 Å². The number of aryl methyl sites for hydroxylation is 1. The fourth-order valence-corrected chi connectivity index (χ4v) is 5.12. The summed E-state index contributed by atoms with van der Waals surface area (Å²) in [5.74, 6) is -0.646. The molecule has 1 atom stereocenters. The Bertz CT molecular complexity index is 1230. The van der Waals surface area contributed by atoms with Crippen molar-refractivity contribution in [3.05, 3.63) is 101 Å². The molecule has 1 saturated heterocycles. The van der Waals surface area contributed by atoms with Gasteiger partial charge in [-0.15, -0.1) is 0 Å². The molecular formula is C30H32N4O3. The van der Waals surface area contributed by atoms with Crippen molar-refractivity contribution >= 4 is 23.4 Å². The topological polar surface area (TPSA) is 73.0 Å². The summed E-state index contributed by atoms with van der Waals surface area (Å²) < 4.78 is 0. The minimum atomic E-state index is -0.437. The summed E-state index contributed by atoms with van der Waals surface area (Å²) in [5, 5.41) is 3.09. The molecule has 2 heterocycles. The summed E-state index contributed by atoms with van der Waals surface area (Å²) in [5.41, 5.74) is 4.25. The summed E-state index contributed by atoms with van der Waals surface area (Å²) in [6.45, 7) is 5.73. The molecule has 1 fully saturated rings. The molecule has 0 aromatic heterocycles. The number of hydrogen-bond donors (Lipinski definition) is 1. The van der Waals surface area contributed by atoms with Gasteiger partial charge < -0.3 is 10.2 Å². The van der Waals surface area contributed by atoms with Crippen molar-refractivity contribution in [1.82, 2.24) is 15.1 Å². The number of carbonyl (C=O) groups is 3. The molecule has 0 radical (unpaired) electrons. The first kappa shape index (κ1) is 24.7. The highest BCUT2D eigenvalue weighted by atomic mass is 16.2. The van der Waals surface area contributed by atoms with Gasteiger partial charge in [0.1, 0.15) is 0 Å². The average molecular weight is 497 g/mol. The van der Waals surface area contributed by atoms with Gasteiger partial charge in [0.15, 0.2) is 0 Å². The number of imide groups is 1. The number of amides is 3. The lowest BCUT2D eigenvalue weighted by Crippen LogP contribution is -2.55. The first-order valence-corrected chi connectivity index (χ1v) is 12.8. The number of rotatable bonds is 8. The molecule has 1 unspecified atom stereocenters. The smallest absolute Gasteiger partial charge is 0.261 e. The maximum absolute atomic E-state index is 13.5. The minimum absolute atomic E-state index is 0.0784. The lowest BCUT2D eigenvalue weighted by Gasteiger charge is -2.40. The Labute approximate surface area is 217 Å². The zero-order chi connectivity index (χ0) is 25.8. The van der Waals surface area contributed by atoms with E-state index in [2.05, 4.69) is 27.2 Å². The summed E-state index contributed by atoms with van der Waals surface area (Å²) in [6, 6.07) is 24.8. The second-order valence-electron chi connectivity index (χ2n) is 9.67. The molecule has 2 aliphatic rings. The van der Waals surface area contributed by atoms with Gasteiger partial charge in [-0.3, -0.25) is 24.2 Å². The second kappa shape index (κ2) is 11.0.